The summed E-state index contributed by atoms with van der Waals surface area (Å²) in [6.07, 6.45) is 0.904. The van der Waals surface area contributed by atoms with E-state index in [0.29, 0.717) is 29.7 Å². The molecule has 25 heavy (non-hydrogen) atoms. The Morgan fingerprint density at radius 1 is 1.16 bits per heavy atom. The Balaban J connectivity index is 1.67. The molecule has 0 saturated heterocycles. The number of fused-ring (bicyclic) bond motifs is 1. The van der Waals surface area contributed by atoms with Crippen LogP contribution in [0.1, 0.15) is 23.1 Å². The number of amides is 1. The average molecular weight is 332 g/mol. The number of aryl methyl sites for hydroxylation is 2. The summed E-state index contributed by atoms with van der Waals surface area (Å²) in [6.45, 7) is 1.84. The first-order valence-electron chi connectivity index (χ1n) is 7.88. The second-order valence-electron chi connectivity index (χ2n) is 5.82. The summed E-state index contributed by atoms with van der Waals surface area (Å²) >= 11 is 0. The molecule has 0 unspecified atom stereocenters. The van der Waals surface area contributed by atoms with Crippen LogP contribution in [0, 0.1) is 18.3 Å². The minimum Gasteiger partial charge on any atom is -0.423 e. The minimum atomic E-state index is -0.408. The highest BCUT2D eigenvalue weighted by atomic mass is 16.4. The molecular weight excluding hydrogens is 316 g/mol. The van der Waals surface area contributed by atoms with Crippen molar-refractivity contribution in [2.24, 2.45) is 0 Å². The quantitative estimate of drug-likeness (QED) is 0.741. The van der Waals surface area contributed by atoms with E-state index in [-0.39, 0.29) is 5.91 Å². The maximum atomic E-state index is 12.1. The maximum Gasteiger partial charge on any atom is 0.336 e. The second kappa shape index (κ2) is 7.02. The molecule has 1 heterocycles. The van der Waals surface area contributed by atoms with Crippen LogP contribution in [0.3, 0.4) is 0 Å². The zero-order valence-corrected chi connectivity index (χ0v) is 13.7. The van der Waals surface area contributed by atoms with Crippen molar-refractivity contribution in [2.45, 2.75) is 19.8 Å². The predicted molar refractivity (Wildman–Crippen MR) is 95.3 cm³/mol. The number of anilines is 1. The molecule has 0 spiro atoms. The first-order valence-corrected chi connectivity index (χ1v) is 7.88. The highest BCUT2D eigenvalue weighted by molar-refractivity contribution is 5.93. The van der Waals surface area contributed by atoms with Gasteiger partial charge in [-0.3, -0.25) is 4.79 Å². The van der Waals surface area contributed by atoms with E-state index in [0.717, 1.165) is 16.5 Å². The van der Waals surface area contributed by atoms with Gasteiger partial charge < -0.3 is 9.73 Å². The first-order chi connectivity index (χ1) is 12.0. The third-order valence-corrected chi connectivity index (χ3v) is 3.96. The van der Waals surface area contributed by atoms with Crippen molar-refractivity contribution in [3.05, 3.63) is 75.6 Å². The molecule has 0 aliphatic heterocycles. The smallest absolute Gasteiger partial charge is 0.336 e. The van der Waals surface area contributed by atoms with Gasteiger partial charge in [0.25, 0.3) is 0 Å². The Kier molecular flexibility index (Phi) is 4.62. The Morgan fingerprint density at radius 3 is 2.64 bits per heavy atom. The number of nitrogens with zero attached hydrogens (tertiary/aromatic N) is 1. The lowest BCUT2D eigenvalue weighted by Gasteiger charge is -2.07. The van der Waals surface area contributed by atoms with Gasteiger partial charge in [0.15, 0.2) is 0 Å². The summed E-state index contributed by atoms with van der Waals surface area (Å²) < 4.78 is 5.18. The molecule has 3 aromatic rings. The fourth-order valence-electron chi connectivity index (χ4n) is 2.63. The van der Waals surface area contributed by atoms with Gasteiger partial charge in [0.1, 0.15) is 5.58 Å². The molecule has 0 aliphatic carbocycles. The van der Waals surface area contributed by atoms with Crippen LogP contribution in [0.15, 0.2) is 57.7 Å². The van der Waals surface area contributed by atoms with Gasteiger partial charge in [0.05, 0.1) is 11.6 Å². The molecule has 1 amide bonds. The van der Waals surface area contributed by atoms with E-state index in [2.05, 4.69) is 11.4 Å². The molecule has 1 aromatic heterocycles. The zero-order chi connectivity index (χ0) is 17.8. The fourth-order valence-corrected chi connectivity index (χ4v) is 2.63. The van der Waals surface area contributed by atoms with E-state index in [9.17, 15) is 9.59 Å². The topological polar surface area (TPSA) is 83.1 Å². The third-order valence-electron chi connectivity index (χ3n) is 3.96. The first kappa shape index (κ1) is 16.5. The summed E-state index contributed by atoms with van der Waals surface area (Å²) in [7, 11) is 0. The van der Waals surface area contributed by atoms with Crippen molar-refractivity contribution in [1.82, 2.24) is 0 Å². The van der Waals surface area contributed by atoms with Crippen molar-refractivity contribution in [3.63, 3.8) is 0 Å². The molecule has 0 atom stereocenters. The van der Waals surface area contributed by atoms with Gasteiger partial charge >= 0.3 is 5.63 Å². The summed E-state index contributed by atoms with van der Waals surface area (Å²) in [4.78, 5) is 23.6. The number of benzene rings is 2. The summed E-state index contributed by atoms with van der Waals surface area (Å²) in [6, 6.07) is 15.9. The van der Waals surface area contributed by atoms with Crippen LogP contribution in [-0.2, 0) is 11.2 Å². The Hall–Kier alpha value is -3.39. The molecule has 0 saturated carbocycles. The monoisotopic (exact) mass is 332 g/mol. The highest BCUT2D eigenvalue weighted by Gasteiger charge is 2.07. The van der Waals surface area contributed by atoms with Gasteiger partial charge in [-0.1, -0.05) is 12.1 Å². The fraction of sp³-hybridized carbons (Fsp3) is 0.150. The zero-order valence-electron chi connectivity index (χ0n) is 13.7. The predicted octanol–water partition coefficient (Wildman–Crippen LogP) is 3.54. The molecule has 2 aromatic carbocycles. The van der Waals surface area contributed by atoms with Gasteiger partial charge in [0.2, 0.25) is 5.91 Å². The van der Waals surface area contributed by atoms with Crippen LogP contribution in [0.5, 0.6) is 0 Å². The van der Waals surface area contributed by atoms with E-state index in [1.807, 2.05) is 25.1 Å². The number of hydrogen-bond donors (Lipinski definition) is 1. The van der Waals surface area contributed by atoms with Gasteiger partial charge in [-0.2, -0.15) is 5.26 Å². The lowest BCUT2D eigenvalue weighted by atomic mass is 10.1. The molecule has 0 bridgehead atoms. The Morgan fingerprint density at radius 2 is 1.92 bits per heavy atom. The Labute approximate surface area is 144 Å². The van der Waals surface area contributed by atoms with Crippen molar-refractivity contribution in [3.8, 4) is 6.07 Å². The summed E-state index contributed by atoms with van der Waals surface area (Å²) in [5.41, 5.74) is 3.07. The standard InChI is InChI=1S/C20H16N2O3/c1-13-10-20(24)25-18-11-16(7-8-17(13)18)22-19(23)9-6-14-2-4-15(12-21)5-3-14/h2-5,7-8,10-11H,6,9H2,1H3,(H,22,23). The van der Waals surface area contributed by atoms with Crippen LogP contribution in [0.4, 0.5) is 5.69 Å². The second-order valence-corrected chi connectivity index (χ2v) is 5.82. The van der Waals surface area contributed by atoms with Crippen LogP contribution in [0.2, 0.25) is 0 Å². The Bertz CT molecular complexity index is 1030. The van der Waals surface area contributed by atoms with Crippen LogP contribution in [-0.4, -0.2) is 5.91 Å². The van der Waals surface area contributed by atoms with E-state index < -0.39 is 5.63 Å². The van der Waals surface area contributed by atoms with Gasteiger partial charge in [-0.25, -0.2) is 4.79 Å². The third kappa shape index (κ3) is 3.93. The number of hydrogen-bond acceptors (Lipinski definition) is 4. The van der Waals surface area contributed by atoms with Crippen molar-refractivity contribution in [1.29, 1.82) is 5.26 Å². The normalized spacial score (nSPS) is 10.4. The van der Waals surface area contributed by atoms with Crippen LogP contribution < -0.4 is 10.9 Å². The van der Waals surface area contributed by atoms with Crippen LogP contribution in [0.25, 0.3) is 11.0 Å². The van der Waals surface area contributed by atoms with Gasteiger partial charge in [-0.15, -0.1) is 0 Å². The van der Waals surface area contributed by atoms with E-state index in [1.54, 1.807) is 24.3 Å². The lowest BCUT2D eigenvalue weighted by molar-refractivity contribution is -0.116. The molecular formula is C20H16N2O3. The van der Waals surface area contributed by atoms with Gasteiger partial charge in [0, 0.05) is 29.6 Å². The molecule has 5 nitrogen and oxygen atoms in total. The molecule has 1 N–H and O–H groups in total. The highest BCUT2D eigenvalue weighted by Crippen LogP contribution is 2.21. The molecule has 124 valence electrons. The number of carbonyl (C=O) groups excluding carboxylic acids is 1. The maximum absolute atomic E-state index is 12.1. The van der Waals surface area contributed by atoms with Crippen molar-refractivity contribution < 1.29 is 9.21 Å². The van der Waals surface area contributed by atoms with Crippen molar-refractivity contribution >= 4 is 22.6 Å². The summed E-state index contributed by atoms with van der Waals surface area (Å²) in [5.74, 6) is -0.126. The molecule has 0 fully saturated rings. The number of carbonyl (C=O) groups is 1. The molecule has 0 radical (unpaired) electrons. The lowest BCUT2D eigenvalue weighted by Crippen LogP contribution is -2.12. The number of rotatable bonds is 4. The minimum absolute atomic E-state index is 0.126. The van der Waals surface area contributed by atoms with Gasteiger partial charge in [-0.05, 0) is 48.7 Å². The SMILES string of the molecule is Cc1cc(=O)oc2cc(NC(=O)CCc3ccc(C#N)cc3)ccc12. The molecule has 3 rings (SSSR count). The summed E-state index contributed by atoms with van der Waals surface area (Å²) in [5, 5.41) is 12.4. The van der Waals surface area contributed by atoms with E-state index in [1.165, 1.54) is 6.07 Å². The number of nitriles is 1. The van der Waals surface area contributed by atoms with E-state index in [4.69, 9.17) is 9.68 Å². The van der Waals surface area contributed by atoms with Crippen LogP contribution >= 0.6 is 0 Å². The van der Waals surface area contributed by atoms with Crippen molar-refractivity contribution in [2.75, 3.05) is 5.32 Å². The average Bonchev–Trinajstić information content (AvgIpc) is 2.60. The largest absolute Gasteiger partial charge is 0.423 e. The van der Waals surface area contributed by atoms with E-state index >= 15 is 0 Å². The molecule has 5 heteroatoms. The number of nitrogens with one attached hydrogen (secondary N) is 1. The molecule has 0 aliphatic rings.